The number of hydrogen-bond donors (Lipinski definition) is 2. The molecular weight excluding hydrogens is 438 g/mol. The molecule has 1 saturated heterocycles. The Bertz CT molecular complexity index is 810. The first-order chi connectivity index (χ1) is 15.0. The van der Waals surface area contributed by atoms with E-state index in [1.807, 2.05) is 18.2 Å². The third kappa shape index (κ3) is 5.19. The monoisotopic (exact) mass is 464 g/mol. The van der Waals surface area contributed by atoms with Crippen LogP contribution in [0, 0.1) is 0 Å². The maximum Gasteiger partial charge on any atom is 0.430 e. The Morgan fingerprint density at radius 3 is 1.91 bits per heavy atom. The van der Waals surface area contributed by atoms with Crippen LogP contribution >= 0.6 is 0 Å². The summed E-state index contributed by atoms with van der Waals surface area (Å²) in [5, 5.41) is 18.5. The van der Waals surface area contributed by atoms with Crippen molar-refractivity contribution in [2.24, 2.45) is 0 Å². The van der Waals surface area contributed by atoms with Crippen molar-refractivity contribution in [3.05, 3.63) is 59.2 Å². The molecule has 0 saturated carbocycles. The summed E-state index contributed by atoms with van der Waals surface area (Å²) in [6.45, 7) is 5.11. The van der Waals surface area contributed by atoms with Gasteiger partial charge >= 0.3 is 12.4 Å². The molecule has 32 heavy (non-hydrogen) atoms. The van der Waals surface area contributed by atoms with Gasteiger partial charge in [-0.3, -0.25) is 9.80 Å². The zero-order chi connectivity index (χ0) is 23.6. The molecule has 10 heteroatoms. The molecule has 0 aromatic heterocycles. The minimum atomic E-state index is -5.89. The fraction of sp³-hybridized carbons (Fsp3) is 0.545. The van der Waals surface area contributed by atoms with Gasteiger partial charge in [0, 0.05) is 50.7 Å². The van der Waals surface area contributed by atoms with Crippen LogP contribution in [0.15, 0.2) is 48.1 Å². The number of β-amino-alcohol motifs (C(OH)–C–C–N with tert-alkyl or cyclic N) is 1. The van der Waals surface area contributed by atoms with E-state index in [0.29, 0.717) is 30.7 Å². The molecule has 1 aromatic carbocycles. The SMILES string of the molecule is OCCN1CCN(CC2=CCC(c3ccc(C(O)(C(F)(F)F)C(F)(F)F)cc3)C=C2)CC1. The van der Waals surface area contributed by atoms with Crippen LogP contribution in [0.25, 0.3) is 0 Å². The van der Waals surface area contributed by atoms with Gasteiger partial charge in [0.25, 0.3) is 5.60 Å². The summed E-state index contributed by atoms with van der Waals surface area (Å²) < 4.78 is 78.2. The third-order valence-electron chi connectivity index (χ3n) is 6.04. The molecule has 2 N–H and O–H groups in total. The molecular formula is C22H26F6N2O2. The number of alkyl halides is 6. The summed E-state index contributed by atoms with van der Waals surface area (Å²) in [7, 11) is 0. The van der Waals surface area contributed by atoms with Crippen LogP contribution in [-0.2, 0) is 5.60 Å². The quantitative estimate of drug-likeness (QED) is 0.632. The number of piperazine rings is 1. The fourth-order valence-corrected chi connectivity index (χ4v) is 4.06. The van der Waals surface area contributed by atoms with E-state index in [9.17, 15) is 31.4 Å². The molecule has 1 fully saturated rings. The maximum absolute atomic E-state index is 13.0. The van der Waals surface area contributed by atoms with E-state index in [4.69, 9.17) is 5.11 Å². The van der Waals surface area contributed by atoms with E-state index < -0.39 is 23.5 Å². The predicted octanol–water partition coefficient (Wildman–Crippen LogP) is 3.58. The van der Waals surface area contributed by atoms with E-state index in [0.717, 1.165) is 38.3 Å². The molecule has 1 aliphatic carbocycles. The van der Waals surface area contributed by atoms with Crippen LogP contribution in [0.3, 0.4) is 0 Å². The summed E-state index contributed by atoms with van der Waals surface area (Å²) >= 11 is 0. The predicted molar refractivity (Wildman–Crippen MR) is 107 cm³/mol. The lowest BCUT2D eigenvalue weighted by atomic mass is 9.86. The second kappa shape index (κ2) is 9.54. The Morgan fingerprint density at radius 2 is 1.44 bits per heavy atom. The molecule has 0 amide bonds. The van der Waals surface area contributed by atoms with Gasteiger partial charge in [0.2, 0.25) is 0 Å². The Labute approximate surface area is 182 Å². The first-order valence-corrected chi connectivity index (χ1v) is 10.3. The summed E-state index contributed by atoms with van der Waals surface area (Å²) in [5.74, 6) is -0.168. The molecule has 1 heterocycles. The molecule has 2 aliphatic rings. The molecule has 0 bridgehead atoms. The lowest BCUT2D eigenvalue weighted by molar-refractivity contribution is -0.376. The topological polar surface area (TPSA) is 46.9 Å². The highest BCUT2D eigenvalue weighted by molar-refractivity contribution is 5.37. The van der Waals surface area contributed by atoms with Crippen LogP contribution in [0.1, 0.15) is 23.5 Å². The van der Waals surface area contributed by atoms with Crippen molar-refractivity contribution in [1.29, 1.82) is 0 Å². The van der Waals surface area contributed by atoms with E-state index in [2.05, 4.69) is 9.80 Å². The van der Waals surface area contributed by atoms with E-state index >= 15 is 0 Å². The highest BCUT2D eigenvalue weighted by atomic mass is 19.4. The minimum absolute atomic E-state index is 0.141. The normalized spacial score (nSPS) is 21.6. The van der Waals surface area contributed by atoms with Crippen LogP contribution in [0.5, 0.6) is 0 Å². The Balaban J connectivity index is 1.62. The van der Waals surface area contributed by atoms with Gasteiger partial charge in [-0.2, -0.15) is 26.3 Å². The van der Waals surface area contributed by atoms with Gasteiger partial charge in [-0.05, 0) is 17.6 Å². The van der Waals surface area contributed by atoms with Crippen molar-refractivity contribution in [2.75, 3.05) is 45.9 Å². The van der Waals surface area contributed by atoms with Gasteiger partial charge in [-0.25, -0.2) is 0 Å². The Kier molecular flexibility index (Phi) is 7.38. The van der Waals surface area contributed by atoms with Crippen LogP contribution in [0.4, 0.5) is 26.3 Å². The van der Waals surface area contributed by atoms with Crippen molar-refractivity contribution in [2.45, 2.75) is 30.3 Å². The maximum atomic E-state index is 13.0. The van der Waals surface area contributed by atoms with Crippen LogP contribution in [-0.4, -0.2) is 78.2 Å². The Morgan fingerprint density at radius 1 is 0.875 bits per heavy atom. The fourth-order valence-electron chi connectivity index (χ4n) is 4.06. The number of rotatable bonds is 6. The number of aliphatic hydroxyl groups excluding tert-OH is 1. The zero-order valence-electron chi connectivity index (χ0n) is 17.3. The second-order valence-corrected chi connectivity index (χ2v) is 8.15. The van der Waals surface area contributed by atoms with Crippen LogP contribution in [0.2, 0.25) is 0 Å². The number of allylic oxidation sites excluding steroid dienone is 2. The number of halogens is 6. The third-order valence-corrected chi connectivity index (χ3v) is 6.04. The van der Waals surface area contributed by atoms with Gasteiger partial charge < -0.3 is 10.2 Å². The van der Waals surface area contributed by atoms with Crippen molar-refractivity contribution < 1.29 is 36.6 Å². The molecule has 1 atom stereocenters. The molecule has 3 rings (SSSR count). The largest absolute Gasteiger partial charge is 0.430 e. The summed E-state index contributed by atoms with van der Waals surface area (Å²) in [6.07, 6.45) is -5.34. The van der Waals surface area contributed by atoms with Gasteiger partial charge in [-0.15, -0.1) is 0 Å². The van der Waals surface area contributed by atoms with Crippen LogP contribution < -0.4 is 0 Å². The van der Waals surface area contributed by atoms with Gasteiger partial charge in [-0.1, -0.05) is 42.5 Å². The number of hydrogen-bond acceptors (Lipinski definition) is 4. The highest BCUT2D eigenvalue weighted by Crippen LogP contribution is 2.50. The second-order valence-electron chi connectivity index (χ2n) is 8.15. The average Bonchev–Trinajstić information content (AvgIpc) is 2.74. The molecule has 0 radical (unpaired) electrons. The summed E-state index contributed by atoms with van der Waals surface area (Å²) in [4.78, 5) is 4.49. The van der Waals surface area contributed by atoms with E-state index in [1.165, 1.54) is 12.1 Å². The standard InChI is InChI=1S/C22H26F6N2O2/c23-21(24,25)20(32,22(26,27)28)19-7-5-18(6-8-19)17-3-1-16(2-4-17)15-30-11-9-29(10-12-30)13-14-31/h1-3,5-8,17,31-32H,4,9-15H2. The van der Waals surface area contributed by atoms with Crippen molar-refractivity contribution in [1.82, 2.24) is 9.80 Å². The minimum Gasteiger partial charge on any atom is -0.395 e. The molecule has 1 aromatic rings. The Hall–Kier alpha value is -1.88. The molecule has 4 nitrogen and oxygen atoms in total. The van der Waals surface area contributed by atoms with E-state index in [1.54, 1.807) is 0 Å². The number of nitrogens with zero attached hydrogens (tertiary/aromatic N) is 2. The van der Waals surface area contributed by atoms with Crippen molar-refractivity contribution in [3.8, 4) is 0 Å². The van der Waals surface area contributed by atoms with Crippen molar-refractivity contribution in [3.63, 3.8) is 0 Å². The number of aliphatic hydroxyl groups is 2. The smallest absolute Gasteiger partial charge is 0.395 e. The van der Waals surface area contributed by atoms with Gasteiger partial charge in [0.05, 0.1) is 6.61 Å². The first kappa shape index (κ1) is 24.8. The molecule has 0 spiro atoms. The highest BCUT2D eigenvalue weighted by Gasteiger charge is 2.71. The zero-order valence-corrected chi connectivity index (χ0v) is 17.3. The van der Waals surface area contributed by atoms with Gasteiger partial charge in [0.1, 0.15) is 0 Å². The van der Waals surface area contributed by atoms with Crippen molar-refractivity contribution >= 4 is 0 Å². The van der Waals surface area contributed by atoms with E-state index in [-0.39, 0.29) is 12.5 Å². The number of benzene rings is 1. The first-order valence-electron chi connectivity index (χ1n) is 10.3. The summed E-state index contributed by atoms with van der Waals surface area (Å²) in [6, 6.07) is 3.78. The summed E-state index contributed by atoms with van der Waals surface area (Å²) in [5.41, 5.74) is -4.48. The molecule has 178 valence electrons. The molecule has 1 aliphatic heterocycles. The lowest BCUT2D eigenvalue weighted by Crippen LogP contribution is -2.53. The lowest BCUT2D eigenvalue weighted by Gasteiger charge is -2.35. The average molecular weight is 464 g/mol. The van der Waals surface area contributed by atoms with Gasteiger partial charge in [0.15, 0.2) is 0 Å². The molecule has 1 unspecified atom stereocenters.